The quantitative estimate of drug-likeness (QED) is 0.298. The largest absolute Gasteiger partial charge is 0.333 e. The molecule has 0 bridgehead atoms. The number of piperidine rings is 1. The van der Waals surface area contributed by atoms with Crippen LogP contribution in [0.3, 0.4) is 0 Å². The topological polar surface area (TPSA) is 35.6 Å². The van der Waals surface area contributed by atoms with E-state index in [9.17, 15) is 9.18 Å². The lowest BCUT2D eigenvalue weighted by Gasteiger charge is -2.38. The Labute approximate surface area is 249 Å². The maximum atomic E-state index is 13.4. The molecule has 1 unspecified atom stereocenters. The van der Waals surface area contributed by atoms with Gasteiger partial charge in [0.2, 0.25) is 0 Å². The van der Waals surface area contributed by atoms with E-state index < -0.39 is 0 Å². The summed E-state index contributed by atoms with van der Waals surface area (Å²) in [6.45, 7) is 3.01. The molecular weight excluding hydrogens is 568 g/mol. The van der Waals surface area contributed by atoms with E-state index in [2.05, 4.69) is 22.3 Å². The number of benzene rings is 3. The van der Waals surface area contributed by atoms with Crippen molar-refractivity contribution in [1.29, 1.82) is 0 Å². The van der Waals surface area contributed by atoms with Crippen molar-refractivity contribution in [3.05, 3.63) is 98.9 Å². The van der Waals surface area contributed by atoms with Crippen molar-refractivity contribution in [3.8, 4) is 11.1 Å². The zero-order valence-corrected chi connectivity index (χ0v) is 24.4. The smallest absolute Gasteiger partial charge is 0.326 e. The lowest BCUT2D eigenvalue weighted by atomic mass is 9.89. The van der Waals surface area contributed by atoms with E-state index in [0.29, 0.717) is 34.6 Å². The van der Waals surface area contributed by atoms with Gasteiger partial charge in [0, 0.05) is 34.3 Å². The number of likely N-dealkylation sites (tertiary alicyclic amines) is 1. The van der Waals surface area contributed by atoms with Crippen LogP contribution in [0.25, 0.3) is 11.1 Å². The Hall–Kier alpha value is -2.57. The van der Waals surface area contributed by atoms with Gasteiger partial charge in [-0.25, -0.2) is 9.18 Å². The Bertz CT molecular complexity index is 1450. The minimum atomic E-state index is -0.337. The molecule has 2 aliphatic heterocycles. The highest BCUT2D eigenvalue weighted by Gasteiger charge is 2.35. The van der Waals surface area contributed by atoms with E-state index in [1.54, 1.807) is 17.0 Å². The number of halogens is 4. The molecule has 3 aliphatic rings. The van der Waals surface area contributed by atoms with E-state index >= 15 is 0 Å². The molecule has 6 rings (SSSR count). The van der Waals surface area contributed by atoms with Crippen molar-refractivity contribution in [2.45, 2.75) is 56.5 Å². The second-order valence-electron chi connectivity index (χ2n) is 10.9. The van der Waals surface area contributed by atoms with Gasteiger partial charge < -0.3 is 5.32 Å². The lowest BCUT2D eigenvalue weighted by Crippen LogP contribution is -2.46. The number of hydrogen-bond donors (Lipinski definition) is 1. The molecule has 0 aromatic heterocycles. The second kappa shape index (κ2) is 11.7. The number of fused-ring (bicyclic) bond motifs is 1. The van der Waals surface area contributed by atoms with E-state index in [1.165, 1.54) is 5.56 Å². The maximum absolute atomic E-state index is 13.4. The van der Waals surface area contributed by atoms with Gasteiger partial charge in [-0.1, -0.05) is 53.5 Å². The summed E-state index contributed by atoms with van der Waals surface area (Å²) in [5.41, 5.74) is 6.73. The van der Waals surface area contributed by atoms with Gasteiger partial charge in [-0.15, -0.1) is 11.6 Å². The molecule has 2 heterocycles. The third-order valence-electron chi connectivity index (χ3n) is 8.32. The van der Waals surface area contributed by atoms with Gasteiger partial charge in [0.25, 0.3) is 0 Å². The zero-order chi connectivity index (χ0) is 27.8. The van der Waals surface area contributed by atoms with E-state index in [-0.39, 0.29) is 17.2 Å². The van der Waals surface area contributed by atoms with Crippen LogP contribution in [0.15, 0.2) is 71.4 Å². The molecule has 0 spiro atoms. The number of nitrogens with one attached hydrogen (secondary N) is 1. The number of anilines is 1. The summed E-state index contributed by atoms with van der Waals surface area (Å²) in [6.07, 6.45) is 4.40. The molecular formula is C32H31Cl3FN3O. The number of alkyl halides is 1. The predicted octanol–water partition coefficient (Wildman–Crippen LogP) is 8.80. The van der Waals surface area contributed by atoms with Crippen LogP contribution in [0, 0.1) is 5.82 Å². The van der Waals surface area contributed by atoms with Crippen LogP contribution in [0.2, 0.25) is 5.02 Å². The van der Waals surface area contributed by atoms with Crippen molar-refractivity contribution >= 4 is 46.5 Å². The molecule has 1 atom stereocenters. The number of carbonyl (C=O) groups is 1. The Morgan fingerprint density at radius 3 is 2.42 bits per heavy atom. The minimum Gasteiger partial charge on any atom is -0.333 e. The lowest BCUT2D eigenvalue weighted by molar-refractivity contribution is 0.204. The maximum Gasteiger partial charge on any atom is 0.326 e. The van der Waals surface area contributed by atoms with Crippen molar-refractivity contribution in [3.63, 3.8) is 0 Å². The van der Waals surface area contributed by atoms with Gasteiger partial charge in [0.05, 0.1) is 16.8 Å². The number of nitrogens with zero attached hydrogens (tertiary/aromatic N) is 2. The van der Waals surface area contributed by atoms with Crippen LogP contribution in [0.4, 0.5) is 14.9 Å². The number of carbonyl (C=O) groups excluding carboxylic acids is 1. The van der Waals surface area contributed by atoms with Crippen LogP contribution < -0.4 is 10.2 Å². The first-order valence-electron chi connectivity index (χ1n) is 13.9. The SMILES string of the molecule is O=C1NCc2c(-c3ccccc3Cl)cc(CN3CCC(c4ccc(F)cc4)CC3)cc2N1C1=C(Cl)CCCC1Cl. The highest BCUT2D eigenvalue weighted by Crippen LogP contribution is 2.43. The second-order valence-corrected chi connectivity index (χ2v) is 12.3. The van der Waals surface area contributed by atoms with Gasteiger partial charge in [0.15, 0.2) is 0 Å². The van der Waals surface area contributed by atoms with Crippen molar-refractivity contribution in [2.24, 2.45) is 0 Å². The molecule has 1 fully saturated rings. The zero-order valence-electron chi connectivity index (χ0n) is 22.1. The first kappa shape index (κ1) is 27.6. The van der Waals surface area contributed by atoms with Crippen LogP contribution >= 0.6 is 34.8 Å². The number of hydrogen-bond acceptors (Lipinski definition) is 2. The molecule has 1 aliphatic carbocycles. The van der Waals surface area contributed by atoms with E-state index in [4.69, 9.17) is 34.8 Å². The highest BCUT2D eigenvalue weighted by molar-refractivity contribution is 6.33. The Morgan fingerprint density at radius 2 is 1.70 bits per heavy atom. The molecule has 2 amide bonds. The van der Waals surface area contributed by atoms with Gasteiger partial charge in [-0.05, 0) is 98.1 Å². The summed E-state index contributed by atoms with van der Waals surface area (Å²) in [5, 5.41) is 4.01. The molecule has 208 valence electrons. The Morgan fingerprint density at radius 1 is 0.950 bits per heavy atom. The monoisotopic (exact) mass is 597 g/mol. The van der Waals surface area contributed by atoms with E-state index in [0.717, 1.165) is 73.3 Å². The molecule has 1 saturated heterocycles. The molecule has 0 radical (unpaired) electrons. The summed E-state index contributed by atoms with van der Waals surface area (Å²) in [4.78, 5) is 17.5. The molecule has 0 saturated carbocycles. The number of allylic oxidation sites excluding steroid dienone is 2. The average molecular weight is 599 g/mol. The molecule has 3 aromatic carbocycles. The summed E-state index contributed by atoms with van der Waals surface area (Å²) < 4.78 is 13.4. The standard InChI is InChI=1S/C32H31Cl3FN3O/c33-27-5-2-1-4-24(27)25-16-20(19-38-14-12-22(13-15-38)21-8-10-23(36)11-9-21)17-30-26(25)18-37-32(40)39(30)31-28(34)6-3-7-29(31)35/h1-2,4-5,8-11,16-17,22,28H,3,6-7,12-15,18-19H2,(H,37,40). The summed E-state index contributed by atoms with van der Waals surface area (Å²) in [5.74, 6) is 0.232. The Kier molecular flexibility index (Phi) is 8.09. The minimum absolute atomic E-state index is 0.198. The summed E-state index contributed by atoms with van der Waals surface area (Å²) in [6, 6.07) is 18.8. The Balaban J connectivity index is 1.35. The fourth-order valence-electron chi connectivity index (χ4n) is 6.25. The molecule has 1 N–H and O–H groups in total. The van der Waals surface area contributed by atoms with Crippen LogP contribution in [-0.4, -0.2) is 29.4 Å². The highest BCUT2D eigenvalue weighted by atomic mass is 35.5. The predicted molar refractivity (Wildman–Crippen MR) is 162 cm³/mol. The van der Waals surface area contributed by atoms with Crippen molar-refractivity contribution in [1.82, 2.24) is 10.2 Å². The number of rotatable bonds is 5. The number of urea groups is 1. The fourth-order valence-corrected chi connectivity index (χ4v) is 7.28. The third kappa shape index (κ3) is 5.49. The van der Waals surface area contributed by atoms with Crippen molar-refractivity contribution in [2.75, 3.05) is 18.0 Å². The van der Waals surface area contributed by atoms with Crippen LogP contribution in [0.1, 0.15) is 54.7 Å². The molecule has 4 nitrogen and oxygen atoms in total. The van der Waals surface area contributed by atoms with Crippen LogP contribution in [-0.2, 0) is 13.1 Å². The first-order valence-corrected chi connectivity index (χ1v) is 15.1. The van der Waals surface area contributed by atoms with Gasteiger partial charge in [-0.2, -0.15) is 0 Å². The number of amides is 2. The fraction of sp³-hybridized carbons (Fsp3) is 0.344. The average Bonchev–Trinajstić information content (AvgIpc) is 2.95. The van der Waals surface area contributed by atoms with Crippen molar-refractivity contribution < 1.29 is 9.18 Å². The molecule has 8 heteroatoms. The van der Waals surface area contributed by atoms with Gasteiger partial charge in [-0.3, -0.25) is 9.80 Å². The van der Waals surface area contributed by atoms with Gasteiger partial charge >= 0.3 is 6.03 Å². The summed E-state index contributed by atoms with van der Waals surface area (Å²) >= 11 is 20.2. The molecule has 3 aromatic rings. The summed E-state index contributed by atoms with van der Waals surface area (Å²) in [7, 11) is 0. The van der Waals surface area contributed by atoms with Gasteiger partial charge in [0.1, 0.15) is 5.82 Å². The van der Waals surface area contributed by atoms with E-state index in [1.807, 2.05) is 36.4 Å². The molecule has 40 heavy (non-hydrogen) atoms. The normalized spacial score (nSPS) is 20.4. The third-order valence-corrected chi connectivity index (χ3v) is 9.45. The first-order chi connectivity index (χ1) is 19.4. The van der Waals surface area contributed by atoms with Crippen LogP contribution in [0.5, 0.6) is 0 Å².